The number of benzene rings is 1. The predicted molar refractivity (Wildman–Crippen MR) is 76.0 cm³/mol. The van der Waals surface area contributed by atoms with Gasteiger partial charge in [0.1, 0.15) is 0 Å². The average Bonchev–Trinajstić information content (AvgIpc) is 3.17. The fourth-order valence-corrected chi connectivity index (χ4v) is 2.70. The van der Waals surface area contributed by atoms with Crippen molar-refractivity contribution in [2.45, 2.75) is 32.1 Å². The molecule has 0 aliphatic heterocycles. The lowest BCUT2D eigenvalue weighted by atomic mass is 9.91. The van der Waals surface area contributed by atoms with Crippen LogP contribution in [0.1, 0.15) is 36.3 Å². The van der Waals surface area contributed by atoms with Crippen LogP contribution in [0.25, 0.3) is 5.69 Å². The van der Waals surface area contributed by atoms with Crippen molar-refractivity contribution in [1.82, 2.24) is 9.78 Å². The molecule has 1 aromatic carbocycles. The van der Waals surface area contributed by atoms with Crippen molar-refractivity contribution in [2.24, 2.45) is 5.92 Å². The minimum atomic E-state index is -0.720. The lowest BCUT2D eigenvalue weighted by molar-refractivity contribution is -0.137. The molecular formula is C16H18N2O2. The monoisotopic (exact) mass is 270 g/mol. The van der Waals surface area contributed by atoms with Crippen LogP contribution in [0, 0.1) is 12.8 Å². The number of carboxylic acids is 1. The van der Waals surface area contributed by atoms with E-state index in [-0.39, 0.29) is 12.3 Å². The maximum Gasteiger partial charge on any atom is 0.303 e. The zero-order chi connectivity index (χ0) is 14.1. The minimum absolute atomic E-state index is 0.129. The highest BCUT2D eigenvalue weighted by Gasteiger charge is 2.33. The van der Waals surface area contributed by atoms with Crippen LogP contribution < -0.4 is 0 Å². The van der Waals surface area contributed by atoms with E-state index in [4.69, 9.17) is 5.11 Å². The van der Waals surface area contributed by atoms with E-state index in [0.29, 0.717) is 5.92 Å². The van der Waals surface area contributed by atoms with Crippen LogP contribution in [0.2, 0.25) is 0 Å². The fraction of sp³-hybridized carbons (Fsp3) is 0.375. The maximum absolute atomic E-state index is 11.1. The molecule has 20 heavy (non-hydrogen) atoms. The van der Waals surface area contributed by atoms with Gasteiger partial charge in [-0.05, 0) is 54.9 Å². The smallest absolute Gasteiger partial charge is 0.303 e. The van der Waals surface area contributed by atoms with Gasteiger partial charge in [0.25, 0.3) is 0 Å². The highest BCUT2D eigenvalue weighted by atomic mass is 16.4. The van der Waals surface area contributed by atoms with Gasteiger partial charge >= 0.3 is 5.97 Å². The number of nitrogens with zero attached hydrogens (tertiary/aromatic N) is 2. The summed E-state index contributed by atoms with van der Waals surface area (Å²) in [7, 11) is 0. The SMILES string of the molecule is Cc1cnn(-c2cccc(C(CC(=O)O)C3CC3)c2)c1. The van der Waals surface area contributed by atoms with Crippen molar-refractivity contribution in [3.63, 3.8) is 0 Å². The Bertz CT molecular complexity index is 629. The number of aromatic nitrogens is 2. The summed E-state index contributed by atoms with van der Waals surface area (Å²) in [4.78, 5) is 11.1. The van der Waals surface area contributed by atoms with Gasteiger partial charge in [-0.25, -0.2) is 4.68 Å². The molecule has 0 saturated heterocycles. The summed E-state index contributed by atoms with van der Waals surface area (Å²) in [6.45, 7) is 2.00. The van der Waals surface area contributed by atoms with E-state index >= 15 is 0 Å². The number of hydrogen-bond donors (Lipinski definition) is 1. The van der Waals surface area contributed by atoms with Gasteiger partial charge in [-0.1, -0.05) is 12.1 Å². The second-order valence-electron chi connectivity index (χ2n) is 5.60. The quantitative estimate of drug-likeness (QED) is 0.908. The molecule has 1 aliphatic carbocycles. The molecule has 0 amide bonds. The maximum atomic E-state index is 11.1. The van der Waals surface area contributed by atoms with E-state index in [1.807, 2.05) is 42.2 Å². The van der Waals surface area contributed by atoms with E-state index in [0.717, 1.165) is 29.7 Å². The molecular weight excluding hydrogens is 252 g/mol. The Balaban J connectivity index is 1.91. The molecule has 0 radical (unpaired) electrons. The molecule has 0 bridgehead atoms. The van der Waals surface area contributed by atoms with Crippen molar-refractivity contribution >= 4 is 5.97 Å². The Kier molecular flexibility index (Phi) is 3.30. The van der Waals surface area contributed by atoms with Gasteiger partial charge in [-0.2, -0.15) is 5.10 Å². The van der Waals surface area contributed by atoms with E-state index in [1.165, 1.54) is 0 Å². The van der Waals surface area contributed by atoms with Crippen molar-refractivity contribution in [1.29, 1.82) is 0 Å². The lowest BCUT2D eigenvalue weighted by Gasteiger charge is -2.15. The summed E-state index contributed by atoms with van der Waals surface area (Å²) in [5, 5.41) is 13.4. The minimum Gasteiger partial charge on any atom is -0.481 e. The van der Waals surface area contributed by atoms with E-state index < -0.39 is 5.97 Å². The predicted octanol–water partition coefficient (Wildman–Crippen LogP) is 3.15. The van der Waals surface area contributed by atoms with Gasteiger partial charge in [0, 0.05) is 6.20 Å². The Morgan fingerprint density at radius 2 is 2.30 bits per heavy atom. The Morgan fingerprint density at radius 3 is 2.90 bits per heavy atom. The molecule has 4 heteroatoms. The number of aryl methyl sites for hydroxylation is 1. The van der Waals surface area contributed by atoms with Crippen molar-refractivity contribution in [3.05, 3.63) is 47.8 Å². The third-order valence-corrected chi connectivity index (χ3v) is 3.86. The summed E-state index contributed by atoms with van der Waals surface area (Å²) in [5.74, 6) is -0.0629. The zero-order valence-corrected chi connectivity index (χ0v) is 11.5. The molecule has 3 rings (SSSR count). The number of hydrogen-bond acceptors (Lipinski definition) is 2. The van der Waals surface area contributed by atoms with Gasteiger partial charge in [-0.15, -0.1) is 0 Å². The topological polar surface area (TPSA) is 55.1 Å². The van der Waals surface area contributed by atoms with E-state index in [9.17, 15) is 4.79 Å². The summed E-state index contributed by atoms with van der Waals surface area (Å²) in [6.07, 6.45) is 6.29. The Labute approximate surface area is 118 Å². The van der Waals surface area contributed by atoms with Crippen LogP contribution in [0.15, 0.2) is 36.7 Å². The standard InChI is InChI=1S/C16H18N2O2/c1-11-9-17-18(10-11)14-4-2-3-13(7-14)15(8-16(19)20)12-5-6-12/h2-4,7,9-10,12,15H,5-6,8H2,1H3,(H,19,20). The fourth-order valence-electron chi connectivity index (χ4n) is 2.70. The van der Waals surface area contributed by atoms with Gasteiger partial charge in [0.15, 0.2) is 0 Å². The molecule has 104 valence electrons. The van der Waals surface area contributed by atoms with E-state index in [2.05, 4.69) is 11.2 Å². The molecule has 1 fully saturated rings. The summed E-state index contributed by atoms with van der Waals surface area (Å²) in [5.41, 5.74) is 3.21. The van der Waals surface area contributed by atoms with Crippen molar-refractivity contribution in [2.75, 3.05) is 0 Å². The highest BCUT2D eigenvalue weighted by molar-refractivity contribution is 5.68. The second-order valence-corrected chi connectivity index (χ2v) is 5.60. The first kappa shape index (κ1) is 12.9. The first-order valence-corrected chi connectivity index (χ1v) is 6.97. The highest BCUT2D eigenvalue weighted by Crippen LogP contribution is 2.44. The normalized spacial score (nSPS) is 16.1. The van der Waals surface area contributed by atoms with Crippen LogP contribution in [0.4, 0.5) is 0 Å². The Hall–Kier alpha value is -2.10. The number of carboxylic acid groups (broad SMARTS) is 1. The van der Waals surface area contributed by atoms with E-state index in [1.54, 1.807) is 0 Å². The first-order chi connectivity index (χ1) is 9.63. The van der Waals surface area contributed by atoms with Crippen LogP contribution in [0.5, 0.6) is 0 Å². The molecule has 1 heterocycles. The summed E-state index contributed by atoms with van der Waals surface area (Å²) < 4.78 is 1.84. The average molecular weight is 270 g/mol. The summed E-state index contributed by atoms with van der Waals surface area (Å²) >= 11 is 0. The van der Waals surface area contributed by atoms with Crippen LogP contribution in [-0.2, 0) is 4.79 Å². The third kappa shape index (κ3) is 2.74. The second kappa shape index (κ2) is 5.12. The molecule has 2 aromatic rings. The van der Waals surface area contributed by atoms with Crippen molar-refractivity contribution in [3.8, 4) is 5.69 Å². The molecule has 4 nitrogen and oxygen atoms in total. The molecule has 1 N–H and O–H groups in total. The zero-order valence-electron chi connectivity index (χ0n) is 11.5. The third-order valence-electron chi connectivity index (χ3n) is 3.86. The first-order valence-electron chi connectivity index (χ1n) is 6.97. The van der Waals surface area contributed by atoms with Crippen LogP contribution >= 0.6 is 0 Å². The molecule has 1 saturated carbocycles. The number of carbonyl (C=O) groups is 1. The van der Waals surface area contributed by atoms with Crippen LogP contribution in [0.3, 0.4) is 0 Å². The summed E-state index contributed by atoms with van der Waals surface area (Å²) in [6, 6.07) is 8.09. The van der Waals surface area contributed by atoms with Gasteiger partial charge in [-0.3, -0.25) is 4.79 Å². The van der Waals surface area contributed by atoms with Gasteiger partial charge in [0.2, 0.25) is 0 Å². The Morgan fingerprint density at radius 1 is 1.50 bits per heavy atom. The number of aliphatic carboxylic acids is 1. The van der Waals surface area contributed by atoms with Gasteiger partial charge in [0.05, 0.1) is 18.3 Å². The lowest BCUT2D eigenvalue weighted by Crippen LogP contribution is -2.09. The largest absolute Gasteiger partial charge is 0.481 e. The molecule has 1 aliphatic rings. The molecule has 1 aromatic heterocycles. The van der Waals surface area contributed by atoms with Crippen molar-refractivity contribution < 1.29 is 9.90 Å². The van der Waals surface area contributed by atoms with Gasteiger partial charge < -0.3 is 5.11 Å². The number of rotatable bonds is 5. The van der Waals surface area contributed by atoms with Crippen LogP contribution in [-0.4, -0.2) is 20.9 Å². The molecule has 1 unspecified atom stereocenters. The molecule has 1 atom stereocenters. The molecule has 0 spiro atoms.